The molecular weight excluding hydrogens is 571 g/mol. The summed E-state index contributed by atoms with van der Waals surface area (Å²) in [6.07, 6.45) is -3.87. The quantitative estimate of drug-likeness (QED) is 0.106. The third kappa shape index (κ3) is 11.0. The fraction of sp³-hybridized carbons (Fsp3) is 0.429. The standard InChI is InChI=1S/C28H38F3N7OS2/c1-18(2)27(5,32)39-17-16-26(3,4)34-25(41)38-36-22(19-10-8-7-9-11-19)23(35-37-24(40)33-6)20-12-14-21(15-13-20)28(29,30)31/h7-15,18H,16-17,32H2,1-6H3,(H2,33,37,40)(H2,34,38,41)/b35-23+,36-22+. The first-order valence-electron chi connectivity index (χ1n) is 12.9. The minimum Gasteiger partial charge on any atom is -0.364 e. The van der Waals surface area contributed by atoms with Crippen LogP contribution in [-0.2, 0) is 10.9 Å². The summed E-state index contributed by atoms with van der Waals surface area (Å²) < 4.78 is 45.5. The second kappa shape index (κ2) is 14.7. The normalized spacial score (nSPS) is 14.3. The number of hydrogen-bond acceptors (Lipinski definition) is 6. The SMILES string of the molecule is CNC(=S)N/N=C(/C(=N/NC(=S)NC(C)(C)CCOC(C)(N)C(C)C)c1ccccc1)c1ccc(C(F)(F)F)cc1. The van der Waals surface area contributed by atoms with Crippen LogP contribution >= 0.6 is 24.4 Å². The Morgan fingerprint density at radius 1 is 0.878 bits per heavy atom. The Hall–Kier alpha value is -3.13. The first kappa shape index (κ1) is 34.1. The molecule has 1 unspecified atom stereocenters. The van der Waals surface area contributed by atoms with Crippen LogP contribution in [0.5, 0.6) is 0 Å². The van der Waals surface area contributed by atoms with Crippen LogP contribution in [0, 0.1) is 5.92 Å². The van der Waals surface area contributed by atoms with E-state index >= 15 is 0 Å². The molecule has 0 aliphatic heterocycles. The van der Waals surface area contributed by atoms with E-state index in [4.69, 9.17) is 34.9 Å². The van der Waals surface area contributed by atoms with Gasteiger partial charge in [-0.05, 0) is 69.7 Å². The van der Waals surface area contributed by atoms with Gasteiger partial charge in [-0.25, -0.2) is 0 Å². The van der Waals surface area contributed by atoms with Gasteiger partial charge in [-0.1, -0.05) is 56.3 Å². The lowest BCUT2D eigenvalue weighted by Crippen LogP contribution is -2.49. The molecule has 0 aliphatic rings. The zero-order valence-corrected chi connectivity index (χ0v) is 25.7. The highest BCUT2D eigenvalue weighted by Crippen LogP contribution is 2.29. The smallest absolute Gasteiger partial charge is 0.364 e. The summed E-state index contributed by atoms with van der Waals surface area (Å²) >= 11 is 10.7. The predicted molar refractivity (Wildman–Crippen MR) is 167 cm³/mol. The van der Waals surface area contributed by atoms with Crippen LogP contribution in [0.25, 0.3) is 0 Å². The molecule has 0 saturated heterocycles. The average molecular weight is 610 g/mol. The molecular formula is C28H38F3N7OS2. The molecule has 1 atom stereocenters. The van der Waals surface area contributed by atoms with Gasteiger partial charge in [0.1, 0.15) is 17.1 Å². The number of nitrogens with zero attached hydrogens (tertiary/aromatic N) is 2. The molecule has 0 saturated carbocycles. The maximum absolute atomic E-state index is 13.2. The van der Waals surface area contributed by atoms with Crippen molar-refractivity contribution < 1.29 is 17.9 Å². The number of benzene rings is 2. The van der Waals surface area contributed by atoms with Crippen LogP contribution in [-0.4, -0.2) is 46.6 Å². The Labute approximate surface area is 250 Å². The Balaban J connectivity index is 2.36. The molecule has 2 rings (SSSR count). The van der Waals surface area contributed by atoms with Gasteiger partial charge in [-0.15, -0.1) is 0 Å². The monoisotopic (exact) mass is 609 g/mol. The van der Waals surface area contributed by atoms with E-state index in [1.165, 1.54) is 12.1 Å². The number of thiocarbonyl (C=S) groups is 2. The largest absolute Gasteiger partial charge is 0.416 e. The zero-order valence-electron chi connectivity index (χ0n) is 24.0. The summed E-state index contributed by atoms with van der Waals surface area (Å²) in [7, 11) is 1.62. The second-order valence-corrected chi connectivity index (χ2v) is 11.3. The van der Waals surface area contributed by atoms with E-state index in [2.05, 4.69) is 31.7 Å². The van der Waals surface area contributed by atoms with Gasteiger partial charge in [0.25, 0.3) is 0 Å². The molecule has 8 nitrogen and oxygen atoms in total. The molecule has 0 radical (unpaired) electrons. The van der Waals surface area contributed by atoms with Crippen LogP contribution in [0.1, 0.15) is 57.7 Å². The topological polar surface area (TPSA) is 108 Å². The first-order valence-corrected chi connectivity index (χ1v) is 13.7. The van der Waals surface area contributed by atoms with Gasteiger partial charge in [-0.3, -0.25) is 10.9 Å². The molecule has 0 aromatic heterocycles. The van der Waals surface area contributed by atoms with Crippen molar-refractivity contribution in [1.82, 2.24) is 21.5 Å². The molecule has 0 amide bonds. The number of nitrogens with two attached hydrogens (primary N) is 1. The summed E-state index contributed by atoms with van der Waals surface area (Å²) in [5.74, 6) is 0.143. The van der Waals surface area contributed by atoms with Crippen molar-refractivity contribution in [2.75, 3.05) is 13.7 Å². The second-order valence-electron chi connectivity index (χ2n) is 10.4. The minimum absolute atomic E-state index is 0.143. The van der Waals surface area contributed by atoms with Crippen LogP contribution in [0.4, 0.5) is 13.2 Å². The molecule has 0 aliphatic carbocycles. The van der Waals surface area contributed by atoms with Crippen LogP contribution in [0.15, 0.2) is 64.8 Å². The lowest BCUT2D eigenvalue weighted by molar-refractivity contribution is -0.137. The van der Waals surface area contributed by atoms with Crippen molar-refractivity contribution in [3.63, 3.8) is 0 Å². The Kier molecular flexibility index (Phi) is 12.2. The van der Waals surface area contributed by atoms with Crippen LogP contribution in [0.3, 0.4) is 0 Å². The lowest BCUT2D eigenvalue weighted by Gasteiger charge is -2.32. The van der Waals surface area contributed by atoms with Gasteiger partial charge >= 0.3 is 6.18 Å². The summed E-state index contributed by atoms with van der Waals surface area (Å²) in [5.41, 5.74) is 11.3. The summed E-state index contributed by atoms with van der Waals surface area (Å²) in [5, 5.41) is 15.3. The van der Waals surface area contributed by atoms with Crippen molar-refractivity contribution in [1.29, 1.82) is 0 Å². The van der Waals surface area contributed by atoms with Crippen molar-refractivity contribution in [2.45, 2.75) is 58.5 Å². The number of nitrogens with one attached hydrogen (secondary N) is 4. The highest BCUT2D eigenvalue weighted by molar-refractivity contribution is 7.80. The van der Waals surface area contributed by atoms with Gasteiger partial charge in [0.2, 0.25) is 0 Å². The number of rotatable bonds is 11. The van der Waals surface area contributed by atoms with Crippen molar-refractivity contribution in [3.05, 3.63) is 71.3 Å². The summed E-state index contributed by atoms with van der Waals surface area (Å²) in [6.45, 7) is 10.2. The number of hydrogen-bond donors (Lipinski definition) is 5. The highest BCUT2D eigenvalue weighted by Gasteiger charge is 2.30. The lowest BCUT2D eigenvalue weighted by atomic mass is 9.99. The Bertz CT molecular complexity index is 1230. The first-order chi connectivity index (χ1) is 19.1. The van der Waals surface area contributed by atoms with E-state index in [-0.39, 0.29) is 21.9 Å². The number of ether oxygens (including phenoxy) is 1. The number of halogens is 3. The molecule has 224 valence electrons. The molecule has 0 fully saturated rings. The Morgan fingerprint density at radius 3 is 1.88 bits per heavy atom. The van der Waals surface area contributed by atoms with Crippen LogP contribution in [0.2, 0.25) is 0 Å². The Morgan fingerprint density at radius 2 is 1.39 bits per heavy atom. The molecule has 2 aromatic carbocycles. The molecule has 13 heteroatoms. The van der Waals surface area contributed by atoms with Crippen molar-refractivity contribution >= 4 is 46.1 Å². The molecule has 0 spiro atoms. The van der Waals surface area contributed by atoms with Gasteiger partial charge in [-0.2, -0.15) is 23.4 Å². The van der Waals surface area contributed by atoms with E-state index in [0.29, 0.717) is 29.9 Å². The van der Waals surface area contributed by atoms with E-state index in [1.54, 1.807) is 19.2 Å². The van der Waals surface area contributed by atoms with Crippen molar-refractivity contribution in [2.24, 2.45) is 21.9 Å². The average Bonchev–Trinajstić information content (AvgIpc) is 2.89. The summed E-state index contributed by atoms with van der Waals surface area (Å²) in [6, 6.07) is 13.7. The van der Waals surface area contributed by atoms with Crippen molar-refractivity contribution in [3.8, 4) is 0 Å². The van der Waals surface area contributed by atoms with E-state index in [0.717, 1.165) is 12.1 Å². The number of alkyl halides is 3. The van der Waals surface area contributed by atoms with Gasteiger partial charge in [0, 0.05) is 23.7 Å². The fourth-order valence-corrected chi connectivity index (χ4v) is 3.65. The van der Waals surface area contributed by atoms with E-state index < -0.39 is 23.0 Å². The van der Waals surface area contributed by atoms with E-state index in [1.807, 2.05) is 52.8 Å². The van der Waals surface area contributed by atoms with Gasteiger partial charge in [0.05, 0.1) is 12.2 Å². The predicted octanol–water partition coefficient (Wildman–Crippen LogP) is 4.89. The van der Waals surface area contributed by atoms with Gasteiger partial charge in [0.15, 0.2) is 10.2 Å². The van der Waals surface area contributed by atoms with E-state index in [9.17, 15) is 13.2 Å². The molecule has 6 N–H and O–H groups in total. The fourth-order valence-electron chi connectivity index (χ4n) is 3.28. The van der Waals surface area contributed by atoms with Gasteiger partial charge < -0.3 is 21.1 Å². The highest BCUT2D eigenvalue weighted by atomic mass is 32.1. The minimum atomic E-state index is -4.48. The maximum Gasteiger partial charge on any atom is 0.416 e. The zero-order chi connectivity index (χ0) is 30.8. The maximum atomic E-state index is 13.2. The summed E-state index contributed by atoms with van der Waals surface area (Å²) in [4.78, 5) is 0. The molecule has 2 aromatic rings. The molecule has 0 heterocycles. The molecule has 0 bridgehead atoms. The molecule has 41 heavy (non-hydrogen) atoms. The third-order valence-electron chi connectivity index (χ3n) is 6.26. The third-order valence-corrected chi connectivity index (χ3v) is 6.75. The number of hydrazone groups is 2. The van der Waals surface area contributed by atoms with Crippen LogP contribution < -0.4 is 27.2 Å².